The van der Waals surface area contributed by atoms with Crippen LogP contribution in [0.15, 0.2) is 76.2 Å². The lowest BCUT2D eigenvalue weighted by Crippen LogP contribution is -2.45. The van der Waals surface area contributed by atoms with Crippen molar-refractivity contribution in [3.63, 3.8) is 0 Å². The van der Waals surface area contributed by atoms with E-state index in [2.05, 4.69) is 5.32 Å². The second kappa shape index (κ2) is 9.72. The maximum Gasteiger partial charge on any atom is 0.252 e. The summed E-state index contributed by atoms with van der Waals surface area (Å²) in [5, 5.41) is 2.57. The van der Waals surface area contributed by atoms with Gasteiger partial charge in [-0.05, 0) is 60.7 Å². The van der Waals surface area contributed by atoms with Crippen LogP contribution in [0.25, 0.3) is 0 Å². The van der Waals surface area contributed by atoms with Crippen LogP contribution in [0.1, 0.15) is 19.1 Å². The first-order chi connectivity index (χ1) is 16.7. The molecule has 0 radical (unpaired) electrons. The number of furan rings is 1. The van der Waals surface area contributed by atoms with Crippen molar-refractivity contribution in [2.45, 2.75) is 30.8 Å². The predicted octanol–water partition coefficient (Wildman–Crippen LogP) is 2.77. The summed E-state index contributed by atoms with van der Waals surface area (Å²) >= 11 is 0. The first-order valence-electron chi connectivity index (χ1n) is 10.6. The highest BCUT2D eigenvalue weighted by Gasteiger charge is 2.47. The van der Waals surface area contributed by atoms with Gasteiger partial charge in [0.15, 0.2) is 0 Å². The molecular formula is C24H23N3O7S. The molecule has 0 spiro atoms. The number of benzene rings is 2. The van der Waals surface area contributed by atoms with Gasteiger partial charge in [0.2, 0.25) is 21.8 Å². The minimum absolute atomic E-state index is 0.0960. The molecule has 0 aliphatic carbocycles. The highest BCUT2D eigenvalue weighted by molar-refractivity contribution is 7.89. The van der Waals surface area contributed by atoms with Gasteiger partial charge in [-0.25, -0.2) is 13.3 Å². The zero-order valence-corrected chi connectivity index (χ0v) is 19.8. The molecule has 182 valence electrons. The van der Waals surface area contributed by atoms with Crippen molar-refractivity contribution in [1.29, 1.82) is 0 Å². The molecule has 4 rings (SSSR count). The van der Waals surface area contributed by atoms with Crippen molar-refractivity contribution in [3.05, 3.63) is 72.7 Å². The summed E-state index contributed by atoms with van der Waals surface area (Å²) in [5.41, 5.74) is 0.741. The van der Waals surface area contributed by atoms with Gasteiger partial charge in [-0.15, -0.1) is 0 Å². The third kappa shape index (κ3) is 4.96. The predicted molar refractivity (Wildman–Crippen MR) is 126 cm³/mol. The van der Waals surface area contributed by atoms with Crippen LogP contribution >= 0.6 is 0 Å². The monoisotopic (exact) mass is 497 g/mol. The van der Waals surface area contributed by atoms with E-state index < -0.39 is 27.9 Å². The Kier molecular flexibility index (Phi) is 6.72. The van der Waals surface area contributed by atoms with Gasteiger partial charge >= 0.3 is 0 Å². The third-order valence-corrected chi connectivity index (χ3v) is 7.34. The average Bonchev–Trinajstić information content (AvgIpc) is 3.45. The number of ether oxygens (including phenoxy) is 1. The molecule has 1 aliphatic heterocycles. The number of sulfonamides is 1. The third-order valence-electron chi connectivity index (χ3n) is 5.47. The van der Waals surface area contributed by atoms with Gasteiger partial charge in [0, 0.05) is 12.6 Å². The van der Waals surface area contributed by atoms with Crippen LogP contribution in [-0.2, 0) is 31.0 Å². The molecule has 1 saturated heterocycles. The fourth-order valence-corrected chi connectivity index (χ4v) is 5.36. The van der Waals surface area contributed by atoms with E-state index in [1.54, 1.807) is 36.4 Å². The zero-order chi connectivity index (χ0) is 25.2. The Balaban J connectivity index is 1.69. The van der Waals surface area contributed by atoms with E-state index in [9.17, 15) is 22.8 Å². The lowest BCUT2D eigenvalue weighted by molar-refractivity contribution is -0.122. The van der Waals surface area contributed by atoms with Gasteiger partial charge in [-0.1, -0.05) is 0 Å². The first-order valence-corrected chi connectivity index (χ1v) is 12.1. The van der Waals surface area contributed by atoms with E-state index in [0.717, 1.165) is 9.21 Å². The number of nitrogens with one attached hydrogen (secondary N) is 1. The molecule has 2 heterocycles. The average molecular weight is 498 g/mol. The van der Waals surface area contributed by atoms with Crippen molar-refractivity contribution < 1.29 is 32.0 Å². The molecule has 1 aromatic heterocycles. The van der Waals surface area contributed by atoms with Gasteiger partial charge in [0.1, 0.15) is 17.6 Å². The zero-order valence-electron chi connectivity index (χ0n) is 19.0. The Morgan fingerprint density at radius 2 is 1.80 bits per heavy atom. The summed E-state index contributed by atoms with van der Waals surface area (Å²) in [6, 6.07) is 13.8. The summed E-state index contributed by atoms with van der Waals surface area (Å²) in [6.07, 6.45) is 1.07. The topological polar surface area (TPSA) is 126 Å². The van der Waals surface area contributed by atoms with Gasteiger partial charge < -0.3 is 14.5 Å². The molecule has 1 aliphatic rings. The van der Waals surface area contributed by atoms with E-state index in [-0.39, 0.29) is 23.8 Å². The van der Waals surface area contributed by atoms with Crippen molar-refractivity contribution >= 4 is 39.1 Å². The Hall–Kier alpha value is -3.96. The normalized spacial score (nSPS) is 16.1. The van der Waals surface area contributed by atoms with E-state index >= 15 is 0 Å². The molecule has 3 aromatic rings. The number of carbonyl (C=O) groups excluding carboxylic acids is 3. The number of nitrogens with zero attached hydrogens (tertiary/aromatic N) is 2. The highest BCUT2D eigenvalue weighted by Crippen LogP contribution is 2.31. The lowest BCUT2D eigenvalue weighted by atomic mass is 10.2. The second-order valence-corrected chi connectivity index (χ2v) is 9.71. The molecule has 1 unspecified atom stereocenters. The summed E-state index contributed by atoms with van der Waals surface area (Å²) in [4.78, 5) is 38.4. The molecule has 35 heavy (non-hydrogen) atoms. The largest absolute Gasteiger partial charge is 0.497 e. The van der Waals surface area contributed by atoms with Gasteiger partial charge in [-0.3, -0.25) is 14.4 Å². The van der Waals surface area contributed by atoms with Crippen LogP contribution < -0.4 is 15.0 Å². The Labute approximate surface area is 202 Å². The van der Waals surface area contributed by atoms with Crippen molar-refractivity contribution in [1.82, 2.24) is 4.31 Å². The van der Waals surface area contributed by atoms with Crippen molar-refractivity contribution in [2.75, 3.05) is 17.3 Å². The molecule has 1 N–H and O–H groups in total. The second-order valence-electron chi connectivity index (χ2n) is 7.82. The summed E-state index contributed by atoms with van der Waals surface area (Å²) in [7, 11) is -2.74. The van der Waals surface area contributed by atoms with Crippen LogP contribution in [0.3, 0.4) is 0 Å². The highest BCUT2D eigenvalue weighted by atomic mass is 32.2. The standard InChI is InChI=1S/C24H23N3O7S/c1-16(28)25-17-5-11-21(12-6-17)35(31,32)26(15-20-4-3-13-34-20)22-14-23(29)27(24(22)30)18-7-9-19(33-2)10-8-18/h3-13,22H,14-15H2,1-2H3,(H,25,28). The van der Waals surface area contributed by atoms with E-state index in [1.165, 1.54) is 44.6 Å². The number of carbonyl (C=O) groups is 3. The SMILES string of the molecule is COc1ccc(N2C(=O)CC(N(Cc3ccco3)S(=O)(=O)c3ccc(NC(C)=O)cc3)C2=O)cc1. The van der Waals surface area contributed by atoms with E-state index in [4.69, 9.17) is 9.15 Å². The maximum atomic E-state index is 13.7. The summed E-state index contributed by atoms with van der Waals surface area (Å²) < 4.78 is 38.7. The number of imide groups is 1. The molecule has 1 fully saturated rings. The number of methoxy groups -OCH3 is 1. The lowest BCUT2D eigenvalue weighted by Gasteiger charge is -2.26. The quantitative estimate of drug-likeness (QED) is 0.474. The van der Waals surface area contributed by atoms with Crippen LogP contribution in [0.4, 0.5) is 11.4 Å². The number of hydrogen-bond donors (Lipinski definition) is 1. The van der Waals surface area contributed by atoms with E-state index in [0.29, 0.717) is 22.9 Å². The van der Waals surface area contributed by atoms with Crippen LogP contribution in [0, 0.1) is 0 Å². The summed E-state index contributed by atoms with van der Waals surface area (Å²) in [6.45, 7) is 1.09. The molecule has 2 aromatic carbocycles. The minimum atomic E-state index is -4.24. The first kappa shape index (κ1) is 24.2. The molecule has 0 saturated carbocycles. The molecule has 3 amide bonds. The Bertz CT molecular complexity index is 1330. The smallest absolute Gasteiger partial charge is 0.252 e. The molecule has 10 nitrogen and oxygen atoms in total. The van der Waals surface area contributed by atoms with Crippen LogP contribution in [0.2, 0.25) is 0 Å². The van der Waals surface area contributed by atoms with E-state index in [1.807, 2.05) is 0 Å². The van der Waals surface area contributed by atoms with Gasteiger partial charge in [0.05, 0.1) is 36.9 Å². The van der Waals surface area contributed by atoms with Crippen molar-refractivity contribution in [2.24, 2.45) is 0 Å². The Morgan fingerprint density at radius 3 is 2.37 bits per heavy atom. The number of hydrogen-bond acceptors (Lipinski definition) is 7. The van der Waals surface area contributed by atoms with Crippen LogP contribution in [-0.4, -0.2) is 43.6 Å². The minimum Gasteiger partial charge on any atom is -0.497 e. The summed E-state index contributed by atoms with van der Waals surface area (Å²) in [5.74, 6) is -0.620. The molecule has 11 heteroatoms. The number of anilines is 2. The molecular weight excluding hydrogens is 474 g/mol. The maximum absolute atomic E-state index is 13.7. The fourth-order valence-electron chi connectivity index (χ4n) is 3.81. The molecule has 1 atom stereocenters. The van der Waals surface area contributed by atoms with Crippen LogP contribution in [0.5, 0.6) is 5.75 Å². The van der Waals surface area contributed by atoms with Gasteiger partial charge in [-0.2, -0.15) is 4.31 Å². The number of amides is 3. The van der Waals surface area contributed by atoms with Gasteiger partial charge in [0.25, 0.3) is 5.91 Å². The Morgan fingerprint density at radius 1 is 1.11 bits per heavy atom. The number of rotatable bonds is 8. The van der Waals surface area contributed by atoms with Crippen molar-refractivity contribution in [3.8, 4) is 5.75 Å². The fraction of sp³-hybridized carbons (Fsp3) is 0.208. The molecule has 0 bridgehead atoms.